The van der Waals surface area contributed by atoms with Crippen LogP contribution in [0, 0.1) is 0 Å². The fourth-order valence-corrected chi connectivity index (χ4v) is 3.29. The summed E-state index contributed by atoms with van der Waals surface area (Å²) >= 11 is 0. The summed E-state index contributed by atoms with van der Waals surface area (Å²) in [7, 11) is -1.62. The van der Waals surface area contributed by atoms with Gasteiger partial charge in [-0.3, -0.25) is 4.90 Å². The van der Waals surface area contributed by atoms with Crippen LogP contribution in [-0.2, 0) is 21.1 Å². The maximum atomic E-state index is 12.3. The molecule has 1 rings (SSSR count). The molecule has 0 heterocycles. The SMILES string of the molecule is COCCN(CCS(=O)(=O)c1ccc(CN)cc1)C(C)C. The van der Waals surface area contributed by atoms with Crippen molar-refractivity contribution in [1.82, 2.24) is 4.90 Å². The van der Waals surface area contributed by atoms with E-state index >= 15 is 0 Å². The van der Waals surface area contributed by atoms with Crippen LogP contribution in [0.2, 0.25) is 0 Å². The first kappa shape index (κ1) is 18.1. The second-order valence-corrected chi connectivity index (χ2v) is 7.40. The summed E-state index contributed by atoms with van der Waals surface area (Å²) < 4.78 is 29.7. The molecule has 0 spiro atoms. The minimum absolute atomic E-state index is 0.108. The number of ether oxygens (including phenoxy) is 1. The molecule has 0 unspecified atom stereocenters. The fourth-order valence-electron chi connectivity index (χ4n) is 2.02. The van der Waals surface area contributed by atoms with Gasteiger partial charge in [0, 0.05) is 32.8 Å². The molecule has 0 aliphatic carbocycles. The van der Waals surface area contributed by atoms with E-state index in [1.54, 1.807) is 31.4 Å². The van der Waals surface area contributed by atoms with Crippen molar-refractivity contribution in [3.8, 4) is 0 Å². The Morgan fingerprint density at radius 2 is 1.81 bits per heavy atom. The smallest absolute Gasteiger partial charge is 0.179 e. The van der Waals surface area contributed by atoms with Gasteiger partial charge in [-0.05, 0) is 31.5 Å². The third-order valence-corrected chi connectivity index (χ3v) is 5.19. The van der Waals surface area contributed by atoms with Gasteiger partial charge in [0.25, 0.3) is 0 Å². The Bertz CT molecular complexity index is 512. The molecule has 1 aromatic rings. The Morgan fingerprint density at radius 3 is 2.29 bits per heavy atom. The average molecular weight is 314 g/mol. The van der Waals surface area contributed by atoms with Crippen molar-refractivity contribution < 1.29 is 13.2 Å². The second-order valence-electron chi connectivity index (χ2n) is 5.29. The normalized spacial score (nSPS) is 12.3. The van der Waals surface area contributed by atoms with Crippen LogP contribution in [0.15, 0.2) is 29.2 Å². The standard InChI is InChI=1S/C15H26N2O3S/c1-13(2)17(8-10-20-3)9-11-21(18,19)15-6-4-14(12-16)5-7-15/h4-7,13H,8-12,16H2,1-3H3. The van der Waals surface area contributed by atoms with Crippen LogP contribution in [-0.4, -0.2) is 51.9 Å². The molecule has 0 aliphatic heterocycles. The molecule has 1 aromatic carbocycles. The number of sulfone groups is 1. The average Bonchev–Trinajstić information content (AvgIpc) is 2.47. The molecule has 2 N–H and O–H groups in total. The van der Waals surface area contributed by atoms with Crippen LogP contribution in [0.4, 0.5) is 0 Å². The van der Waals surface area contributed by atoms with E-state index in [-0.39, 0.29) is 11.8 Å². The van der Waals surface area contributed by atoms with Crippen molar-refractivity contribution in [2.24, 2.45) is 5.73 Å². The molecule has 0 amide bonds. The Morgan fingerprint density at radius 1 is 1.19 bits per heavy atom. The maximum absolute atomic E-state index is 12.3. The Hall–Kier alpha value is -0.950. The molecular formula is C15H26N2O3S. The molecule has 0 fully saturated rings. The van der Waals surface area contributed by atoms with Gasteiger partial charge in [-0.1, -0.05) is 12.1 Å². The zero-order valence-electron chi connectivity index (χ0n) is 13.1. The van der Waals surface area contributed by atoms with Gasteiger partial charge in [0.15, 0.2) is 9.84 Å². The van der Waals surface area contributed by atoms with Crippen LogP contribution in [0.25, 0.3) is 0 Å². The lowest BCUT2D eigenvalue weighted by molar-refractivity contribution is 0.134. The maximum Gasteiger partial charge on any atom is 0.179 e. The number of benzene rings is 1. The third-order valence-electron chi connectivity index (χ3n) is 3.48. The molecule has 0 aliphatic rings. The number of rotatable bonds is 9. The van der Waals surface area contributed by atoms with Gasteiger partial charge in [0.1, 0.15) is 0 Å². The molecule has 0 aromatic heterocycles. The molecule has 120 valence electrons. The van der Waals surface area contributed by atoms with E-state index in [1.165, 1.54) is 0 Å². The molecule has 0 saturated carbocycles. The zero-order chi connectivity index (χ0) is 15.9. The largest absolute Gasteiger partial charge is 0.383 e. The fraction of sp³-hybridized carbons (Fsp3) is 0.600. The summed E-state index contributed by atoms with van der Waals surface area (Å²) in [5.41, 5.74) is 6.45. The van der Waals surface area contributed by atoms with Crippen molar-refractivity contribution in [1.29, 1.82) is 0 Å². The predicted molar refractivity (Wildman–Crippen MR) is 85.0 cm³/mol. The molecule has 6 heteroatoms. The van der Waals surface area contributed by atoms with E-state index in [0.29, 0.717) is 24.6 Å². The summed E-state index contributed by atoms with van der Waals surface area (Å²) in [5.74, 6) is 0.108. The van der Waals surface area contributed by atoms with E-state index < -0.39 is 9.84 Å². The van der Waals surface area contributed by atoms with E-state index in [1.807, 2.05) is 0 Å². The van der Waals surface area contributed by atoms with Crippen molar-refractivity contribution >= 4 is 9.84 Å². The van der Waals surface area contributed by atoms with Crippen LogP contribution >= 0.6 is 0 Å². The van der Waals surface area contributed by atoms with E-state index in [9.17, 15) is 8.42 Å². The van der Waals surface area contributed by atoms with Gasteiger partial charge in [-0.15, -0.1) is 0 Å². The quantitative estimate of drug-likeness (QED) is 0.743. The van der Waals surface area contributed by atoms with Gasteiger partial charge >= 0.3 is 0 Å². The summed E-state index contributed by atoms with van der Waals surface area (Å²) in [6, 6.07) is 7.07. The van der Waals surface area contributed by atoms with E-state index in [4.69, 9.17) is 10.5 Å². The topological polar surface area (TPSA) is 72.6 Å². The van der Waals surface area contributed by atoms with Gasteiger partial charge in [0.2, 0.25) is 0 Å². The minimum Gasteiger partial charge on any atom is -0.383 e. The van der Waals surface area contributed by atoms with Crippen molar-refractivity contribution in [2.75, 3.05) is 32.6 Å². The van der Waals surface area contributed by atoms with Gasteiger partial charge in [-0.2, -0.15) is 0 Å². The Kier molecular flexibility index (Phi) is 7.31. The molecule has 5 nitrogen and oxygen atoms in total. The number of nitrogens with two attached hydrogens (primary N) is 1. The molecule has 0 atom stereocenters. The third kappa shape index (κ3) is 5.74. The summed E-state index contributed by atoms with van der Waals surface area (Å²) in [6.07, 6.45) is 0. The minimum atomic E-state index is -3.26. The summed E-state index contributed by atoms with van der Waals surface area (Å²) in [4.78, 5) is 2.46. The van der Waals surface area contributed by atoms with Gasteiger partial charge in [0.05, 0.1) is 17.3 Å². The summed E-state index contributed by atoms with van der Waals surface area (Å²) in [6.45, 7) is 6.36. The highest BCUT2D eigenvalue weighted by Crippen LogP contribution is 2.13. The first-order valence-electron chi connectivity index (χ1n) is 7.15. The zero-order valence-corrected chi connectivity index (χ0v) is 13.9. The highest BCUT2D eigenvalue weighted by atomic mass is 32.2. The first-order chi connectivity index (χ1) is 9.90. The summed E-state index contributed by atoms with van der Waals surface area (Å²) in [5, 5.41) is 0. The molecule has 0 radical (unpaired) electrons. The Balaban J connectivity index is 2.69. The lowest BCUT2D eigenvalue weighted by atomic mass is 10.2. The van der Waals surface area contributed by atoms with Crippen molar-refractivity contribution in [3.63, 3.8) is 0 Å². The van der Waals surface area contributed by atoms with Gasteiger partial charge in [-0.25, -0.2) is 8.42 Å². The van der Waals surface area contributed by atoms with Gasteiger partial charge < -0.3 is 10.5 Å². The molecular weight excluding hydrogens is 288 g/mol. The lowest BCUT2D eigenvalue weighted by Crippen LogP contribution is -2.37. The van der Waals surface area contributed by atoms with Crippen molar-refractivity contribution in [3.05, 3.63) is 29.8 Å². The number of nitrogens with zero attached hydrogens (tertiary/aromatic N) is 1. The van der Waals surface area contributed by atoms with Crippen LogP contribution < -0.4 is 5.73 Å². The van der Waals surface area contributed by atoms with Crippen LogP contribution in [0.5, 0.6) is 0 Å². The lowest BCUT2D eigenvalue weighted by Gasteiger charge is -2.25. The second kappa shape index (κ2) is 8.48. The first-order valence-corrected chi connectivity index (χ1v) is 8.80. The molecule has 0 bridgehead atoms. The predicted octanol–water partition coefficient (Wildman–Crippen LogP) is 1.28. The highest BCUT2D eigenvalue weighted by molar-refractivity contribution is 7.91. The van der Waals surface area contributed by atoms with E-state index in [2.05, 4.69) is 18.7 Å². The van der Waals surface area contributed by atoms with Crippen molar-refractivity contribution in [2.45, 2.75) is 31.3 Å². The van der Waals surface area contributed by atoms with Crippen LogP contribution in [0.1, 0.15) is 19.4 Å². The monoisotopic (exact) mass is 314 g/mol. The van der Waals surface area contributed by atoms with Crippen LogP contribution in [0.3, 0.4) is 0 Å². The van der Waals surface area contributed by atoms with E-state index in [0.717, 1.165) is 12.1 Å². The number of hydrogen-bond acceptors (Lipinski definition) is 5. The number of hydrogen-bond donors (Lipinski definition) is 1. The highest BCUT2D eigenvalue weighted by Gasteiger charge is 2.17. The molecule has 21 heavy (non-hydrogen) atoms. The Labute approximate surface area is 128 Å². The number of methoxy groups -OCH3 is 1. The molecule has 0 saturated heterocycles.